The third-order valence-corrected chi connectivity index (χ3v) is 4.16. The summed E-state index contributed by atoms with van der Waals surface area (Å²) in [5.41, 5.74) is 1.58. The molecule has 1 aromatic rings. The van der Waals surface area contributed by atoms with Gasteiger partial charge in [0.1, 0.15) is 24.4 Å². The molecule has 0 radical (unpaired) electrons. The highest BCUT2D eigenvalue weighted by Crippen LogP contribution is 2.40. The molecule has 0 aromatic heterocycles. The number of ether oxygens (including phenoxy) is 4. The van der Waals surface area contributed by atoms with Gasteiger partial charge in [0.05, 0.1) is 13.2 Å². The first kappa shape index (κ1) is 17.5. The normalized spacial score (nSPS) is 32.5. The second-order valence-electron chi connectivity index (χ2n) is 6.55. The predicted octanol–water partition coefficient (Wildman–Crippen LogP) is 1.66. The van der Waals surface area contributed by atoms with Gasteiger partial charge in [-0.25, -0.2) is 0 Å². The van der Waals surface area contributed by atoms with Gasteiger partial charge in [-0.1, -0.05) is 30.3 Å². The van der Waals surface area contributed by atoms with Crippen LogP contribution in [0.15, 0.2) is 36.9 Å². The molecular weight excluding hydrogens is 312 g/mol. The number of hydrogen-bond donors (Lipinski definition) is 2. The molecule has 0 bridgehead atoms. The third kappa shape index (κ3) is 3.54. The van der Waals surface area contributed by atoms with Gasteiger partial charge in [-0.15, -0.1) is 6.58 Å². The topological polar surface area (TPSA) is 77.4 Å². The minimum absolute atomic E-state index is 0.423. The molecule has 0 amide bonds. The fraction of sp³-hybridized carbons (Fsp3) is 0.556. The molecule has 2 saturated heterocycles. The summed E-state index contributed by atoms with van der Waals surface area (Å²) >= 11 is 0. The fourth-order valence-electron chi connectivity index (χ4n) is 3.09. The van der Waals surface area contributed by atoms with Crippen LogP contribution in [0.4, 0.5) is 0 Å². The van der Waals surface area contributed by atoms with Crippen LogP contribution in [0.1, 0.15) is 31.1 Å². The Hall–Kier alpha value is -1.28. The maximum absolute atomic E-state index is 10.6. The number of aliphatic hydroxyl groups is 2. The SMILES string of the molecule is C=CCOCc1cccc([C@H](O)C2OC3OC(C)(C)OC3[C@@H]2O)c1. The van der Waals surface area contributed by atoms with E-state index in [0.717, 1.165) is 5.56 Å². The van der Waals surface area contributed by atoms with E-state index in [-0.39, 0.29) is 0 Å². The van der Waals surface area contributed by atoms with Crippen molar-refractivity contribution in [2.45, 2.75) is 56.9 Å². The zero-order valence-corrected chi connectivity index (χ0v) is 13.9. The van der Waals surface area contributed by atoms with Crippen LogP contribution >= 0.6 is 0 Å². The van der Waals surface area contributed by atoms with Gasteiger partial charge in [-0.2, -0.15) is 0 Å². The van der Waals surface area contributed by atoms with Crippen molar-refractivity contribution in [1.82, 2.24) is 0 Å². The lowest BCUT2D eigenvalue weighted by molar-refractivity contribution is -0.226. The summed E-state index contributed by atoms with van der Waals surface area (Å²) in [6, 6.07) is 7.37. The minimum Gasteiger partial charge on any atom is -0.387 e. The molecule has 3 unspecified atom stereocenters. The smallest absolute Gasteiger partial charge is 0.190 e. The van der Waals surface area contributed by atoms with E-state index in [2.05, 4.69) is 6.58 Å². The Balaban J connectivity index is 1.68. The lowest BCUT2D eigenvalue weighted by atomic mass is 9.98. The van der Waals surface area contributed by atoms with Crippen molar-refractivity contribution >= 4 is 0 Å². The van der Waals surface area contributed by atoms with Crippen LogP contribution < -0.4 is 0 Å². The molecule has 0 aliphatic carbocycles. The Morgan fingerprint density at radius 1 is 1.38 bits per heavy atom. The van der Waals surface area contributed by atoms with Gasteiger partial charge in [0.2, 0.25) is 0 Å². The summed E-state index contributed by atoms with van der Waals surface area (Å²) in [5, 5.41) is 21.1. The molecule has 2 aliphatic rings. The van der Waals surface area contributed by atoms with E-state index in [1.165, 1.54) is 0 Å². The molecule has 24 heavy (non-hydrogen) atoms. The van der Waals surface area contributed by atoms with Crippen molar-refractivity contribution in [2.24, 2.45) is 0 Å². The van der Waals surface area contributed by atoms with E-state index in [9.17, 15) is 10.2 Å². The van der Waals surface area contributed by atoms with Crippen molar-refractivity contribution in [3.8, 4) is 0 Å². The molecule has 0 spiro atoms. The maximum atomic E-state index is 10.6. The van der Waals surface area contributed by atoms with Crippen molar-refractivity contribution in [2.75, 3.05) is 6.61 Å². The van der Waals surface area contributed by atoms with Gasteiger partial charge in [0.25, 0.3) is 0 Å². The first-order valence-corrected chi connectivity index (χ1v) is 8.06. The molecule has 1 aromatic carbocycles. The number of rotatable bonds is 6. The third-order valence-electron chi connectivity index (χ3n) is 4.16. The number of aliphatic hydroxyl groups excluding tert-OH is 2. The fourth-order valence-corrected chi connectivity index (χ4v) is 3.09. The Bertz CT molecular complexity index is 587. The van der Waals surface area contributed by atoms with E-state index >= 15 is 0 Å². The molecule has 6 heteroatoms. The largest absolute Gasteiger partial charge is 0.387 e. The molecule has 2 aliphatic heterocycles. The minimum atomic E-state index is -0.986. The van der Waals surface area contributed by atoms with Gasteiger partial charge in [-0.3, -0.25) is 0 Å². The zero-order valence-electron chi connectivity index (χ0n) is 13.9. The highest BCUT2D eigenvalue weighted by atomic mass is 16.8. The van der Waals surface area contributed by atoms with Crippen LogP contribution in [0.5, 0.6) is 0 Å². The molecule has 6 nitrogen and oxygen atoms in total. The monoisotopic (exact) mass is 336 g/mol. The first-order chi connectivity index (χ1) is 11.4. The standard InChI is InChI=1S/C18H24O6/c1-4-8-21-10-11-6-5-7-12(9-11)13(19)15-14(20)16-17(22-15)24-18(2,3)23-16/h4-7,9,13-17,19-20H,1,8,10H2,2-3H3/t13-,14+,15?,16?,17?/m0/s1. The lowest BCUT2D eigenvalue weighted by Gasteiger charge is -2.26. The van der Waals surface area contributed by atoms with E-state index in [1.807, 2.05) is 18.2 Å². The van der Waals surface area contributed by atoms with Crippen LogP contribution in [0.25, 0.3) is 0 Å². The molecule has 2 heterocycles. The highest BCUT2D eigenvalue weighted by Gasteiger charge is 2.56. The molecule has 2 N–H and O–H groups in total. The van der Waals surface area contributed by atoms with Gasteiger partial charge < -0.3 is 29.2 Å². The molecule has 0 saturated carbocycles. The Morgan fingerprint density at radius 2 is 2.17 bits per heavy atom. The predicted molar refractivity (Wildman–Crippen MR) is 86.0 cm³/mol. The van der Waals surface area contributed by atoms with Crippen molar-refractivity contribution in [1.29, 1.82) is 0 Å². The average molecular weight is 336 g/mol. The van der Waals surface area contributed by atoms with Gasteiger partial charge in [0, 0.05) is 0 Å². The van der Waals surface area contributed by atoms with Crippen LogP contribution in [0.2, 0.25) is 0 Å². The first-order valence-electron chi connectivity index (χ1n) is 8.06. The zero-order chi connectivity index (χ0) is 17.3. The quantitative estimate of drug-likeness (QED) is 0.608. The molecule has 2 fully saturated rings. The van der Waals surface area contributed by atoms with Gasteiger partial charge >= 0.3 is 0 Å². The Labute approximate surface area is 141 Å². The molecule has 5 atom stereocenters. The molecular formula is C18H24O6. The van der Waals surface area contributed by atoms with Crippen molar-refractivity contribution in [3.63, 3.8) is 0 Å². The second kappa shape index (κ2) is 6.92. The summed E-state index contributed by atoms with van der Waals surface area (Å²) < 4.78 is 22.4. The summed E-state index contributed by atoms with van der Waals surface area (Å²) in [5.74, 6) is -0.797. The Kier molecular flexibility index (Phi) is 5.05. The summed E-state index contributed by atoms with van der Waals surface area (Å²) in [6.07, 6.45) is -2.34. The average Bonchev–Trinajstić information content (AvgIpc) is 3.00. The highest BCUT2D eigenvalue weighted by molar-refractivity contribution is 5.26. The second-order valence-corrected chi connectivity index (χ2v) is 6.55. The van der Waals surface area contributed by atoms with Gasteiger partial charge in [-0.05, 0) is 25.0 Å². The summed E-state index contributed by atoms with van der Waals surface area (Å²) in [4.78, 5) is 0. The van der Waals surface area contributed by atoms with Crippen LogP contribution in [-0.4, -0.2) is 47.2 Å². The van der Waals surface area contributed by atoms with Crippen molar-refractivity contribution < 1.29 is 29.2 Å². The van der Waals surface area contributed by atoms with Crippen molar-refractivity contribution in [3.05, 3.63) is 48.0 Å². The van der Waals surface area contributed by atoms with E-state index in [0.29, 0.717) is 18.8 Å². The van der Waals surface area contributed by atoms with Gasteiger partial charge in [0.15, 0.2) is 12.1 Å². The summed E-state index contributed by atoms with van der Waals surface area (Å²) in [7, 11) is 0. The molecule has 132 valence electrons. The molecule has 3 rings (SSSR count). The lowest BCUT2D eigenvalue weighted by Crippen LogP contribution is -2.37. The van der Waals surface area contributed by atoms with E-state index in [1.54, 1.807) is 26.0 Å². The van der Waals surface area contributed by atoms with Crippen LogP contribution in [0.3, 0.4) is 0 Å². The van der Waals surface area contributed by atoms with Crippen LogP contribution in [0, 0.1) is 0 Å². The number of hydrogen-bond acceptors (Lipinski definition) is 6. The van der Waals surface area contributed by atoms with E-state index < -0.39 is 36.5 Å². The van der Waals surface area contributed by atoms with Crippen LogP contribution in [-0.2, 0) is 25.6 Å². The van der Waals surface area contributed by atoms with E-state index in [4.69, 9.17) is 18.9 Å². The Morgan fingerprint density at radius 3 is 2.88 bits per heavy atom. The number of fused-ring (bicyclic) bond motifs is 1. The maximum Gasteiger partial charge on any atom is 0.190 e. The number of benzene rings is 1. The summed E-state index contributed by atoms with van der Waals surface area (Å²) in [6.45, 7) is 8.02.